The number of aromatic nitrogens is 1. The summed E-state index contributed by atoms with van der Waals surface area (Å²) >= 11 is 1.33. The Kier molecular flexibility index (Phi) is 5.87. The summed E-state index contributed by atoms with van der Waals surface area (Å²) in [5.74, 6) is -0.469. The van der Waals surface area contributed by atoms with Crippen LogP contribution in [0.4, 0.5) is 10.8 Å². The number of benzene rings is 2. The van der Waals surface area contributed by atoms with Crippen LogP contribution in [0.1, 0.15) is 11.1 Å². The molecule has 2 aromatic carbocycles. The minimum atomic E-state index is -0.469. The first-order valence-electron chi connectivity index (χ1n) is 8.69. The van der Waals surface area contributed by atoms with Crippen molar-refractivity contribution < 1.29 is 4.79 Å². The standard InChI is InChI=1S/C22H20N4OS/c1-15-4-8-17(9-5-15)20-14-28-22(24-20)25-21(27)18(13-23)12-16-6-10-19(11-7-16)26(2)3/h4-12,14H,1-3H3,(H,24,25,27). The van der Waals surface area contributed by atoms with Crippen LogP contribution in [0.15, 0.2) is 59.5 Å². The quantitative estimate of drug-likeness (QED) is 0.507. The second-order valence-corrected chi connectivity index (χ2v) is 7.37. The highest BCUT2D eigenvalue weighted by atomic mass is 32.1. The highest BCUT2D eigenvalue weighted by Gasteiger charge is 2.12. The van der Waals surface area contributed by atoms with E-state index in [9.17, 15) is 10.1 Å². The van der Waals surface area contributed by atoms with Gasteiger partial charge in [0, 0.05) is 30.7 Å². The second-order valence-electron chi connectivity index (χ2n) is 6.51. The van der Waals surface area contributed by atoms with Crippen LogP contribution in [0.5, 0.6) is 0 Å². The van der Waals surface area contributed by atoms with Crippen LogP contribution in [0.3, 0.4) is 0 Å². The third kappa shape index (κ3) is 4.64. The van der Waals surface area contributed by atoms with Crippen molar-refractivity contribution >= 4 is 34.1 Å². The Labute approximate surface area is 168 Å². The normalized spacial score (nSPS) is 11.0. The molecule has 0 aliphatic heterocycles. The zero-order valence-corrected chi connectivity index (χ0v) is 16.7. The van der Waals surface area contributed by atoms with E-state index in [0.29, 0.717) is 5.13 Å². The van der Waals surface area contributed by atoms with Gasteiger partial charge in [-0.25, -0.2) is 4.98 Å². The SMILES string of the molecule is Cc1ccc(-c2csc(NC(=O)C(C#N)=Cc3ccc(N(C)C)cc3)n2)cc1. The van der Waals surface area contributed by atoms with Crippen molar-refractivity contribution in [2.24, 2.45) is 0 Å². The fraction of sp³-hybridized carbons (Fsp3) is 0.136. The molecule has 1 N–H and O–H groups in total. The molecule has 28 heavy (non-hydrogen) atoms. The van der Waals surface area contributed by atoms with Gasteiger partial charge in [0.15, 0.2) is 5.13 Å². The van der Waals surface area contributed by atoms with Gasteiger partial charge in [0.25, 0.3) is 5.91 Å². The van der Waals surface area contributed by atoms with Gasteiger partial charge < -0.3 is 4.90 Å². The number of carbonyl (C=O) groups is 1. The highest BCUT2D eigenvalue weighted by molar-refractivity contribution is 7.14. The number of rotatable bonds is 5. The van der Waals surface area contributed by atoms with E-state index in [-0.39, 0.29) is 5.57 Å². The van der Waals surface area contributed by atoms with Crippen molar-refractivity contribution in [2.75, 3.05) is 24.3 Å². The molecular formula is C22H20N4OS. The lowest BCUT2D eigenvalue weighted by molar-refractivity contribution is -0.112. The number of amides is 1. The van der Waals surface area contributed by atoms with E-state index in [2.05, 4.69) is 10.3 Å². The highest BCUT2D eigenvalue weighted by Crippen LogP contribution is 2.25. The summed E-state index contributed by atoms with van der Waals surface area (Å²) < 4.78 is 0. The van der Waals surface area contributed by atoms with Crippen molar-refractivity contribution in [3.05, 3.63) is 70.6 Å². The first kappa shape index (κ1) is 19.3. The van der Waals surface area contributed by atoms with Crippen molar-refractivity contribution in [2.45, 2.75) is 6.92 Å². The van der Waals surface area contributed by atoms with Gasteiger partial charge >= 0.3 is 0 Å². The third-order valence-corrected chi connectivity index (χ3v) is 4.92. The van der Waals surface area contributed by atoms with Crippen molar-refractivity contribution in [1.82, 2.24) is 4.98 Å². The topological polar surface area (TPSA) is 69.0 Å². The van der Waals surface area contributed by atoms with Gasteiger partial charge in [-0.1, -0.05) is 42.0 Å². The van der Waals surface area contributed by atoms with Crippen LogP contribution >= 0.6 is 11.3 Å². The summed E-state index contributed by atoms with van der Waals surface area (Å²) in [6, 6.07) is 17.6. The monoisotopic (exact) mass is 388 g/mol. The maximum atomic E-state index is 12.5. The molecule has 1 amide bonds. The van der Waals surface area contributed by atoms with Gasteiger partial charge in [-0.15, -0.1) is 11.3 Å². The minimum Gasteiger partial charge on any atom is -0.378 e. The van der Waals surface area contributed by atoms with Gasteiger partial charge in [-0.2, -0.15) is 5.26 Å². The molecule has 0 saturated heterocycles. The fourth-order valence-electron chi connectivity index (χ4n) is 2.54. The fourth-order valence-corrected chi connectivity index (χ4v) is 3.25. The average Bonchev–Trinajstić information content (AvgIpc) is 3.15. The molecule has 0 saturated carbocycles. The molecule has 0 bridgehead atoms. The Hall–Kier alpha value is -3.43. The van der Waals surface area contributed by atoms with Gasteiger partial charge in [-0.3, -0.25) is 10.1 Å². The molecule has 5 nitrogen and oxygen atoms in total. The second kappa shape index (κ2) is 8.51. The van der Waals surface area contributed by atoms with Gasteiger partial charge in [0.2, 0.25) is 0 Å². The van der Waals surface area contributed by atoms with E-state index in [0.717, 1.165) is 22.5 Å². The van der Waals surface area contributed by atoms with Gasteiger partial charge in [0.05, 0.1) is 5.69 Å². The molecule has 1 heterocycles. The Morgan fingerprint density at radius 3 is 2.43 bits per heavy atom. The van der Waals surface area contributed by atoms with Gasteiger partial charge in [0.1, 0.15) is 11.6 Å². The Morgan fingerprint density at radius 1 is 1.14 bits per heavy atom. The third-order valence-electron chi connectivity index (χ3n) is 4.16. The number of anilines is 2. The maximum Gasteiger partial charge on any atom is 0.268 e. The first-order valence-corrected chi connectivity index (χ1v) is 9.57. The van der Waals surface area contributed by atoms with Crippen molar-refractivity contribution in [1.29, 1.82) is 5.26 Å². The lowest BCUT2D eigenvalue weighted by Crippen LogP contribution is -2.13. The minimum absolute atomic E-state index is 0.0321. The lowest BCUT2D eigenvalue weighted by atomic mass is 10.1. The van der Waals surface area contributed by atoms with Crippen LogP contribution in [0.25, 0.3) is 17.3 Å². The van der Waals surface area contributed by atoms with E-state index < -0.39 is 5.91 Å². The summed E-state index contributed by atoms with van der Waals surface area (Å²) in [7, 11) is 3.91. The van der Waals surface area contributed by atoms with Crippen LogP contribution in [0, 0.1) is 18.3 Å². The molecule has 6 heteroatoms. The molecule has 3 aromatic rings. The number of nitriles is 1. The lowest BCUT2D eigenvalue weighted by Gasteiger charge is -2.11. The smallest absolute Gasteiger partial charge is 0.268 e. The number of carbonyl (C=O) groups excluding carboxylic acids is 1. The predicted octanol–water partition coefficient (Wildman–Crippen LogP) is 4.73. The van der Waals surface area contributed by atoms with E-state index in [1.807, 2.05) is 85.9 Å². The summed E-state index contributed by atoms with van der Waals surface area (Å²) in [6.07, 6.45) is 1.57. The molecule has 1 aromatic heterocycles. The average molecular weight is 388 g/mol. The zero-order valence-electron chi connectivity index (χ0n) is 15.9. The first-order chi connectivity index (χ1) is 13.5. The molecule has 3 rings (SSSR count). The Morgan fingerprint density at radius 2 is 1.82 bits per heavy atom. The van der Waals surface area contributed by atoms with E-state index >= 15 is 0 Å². The van der Waals surface area contributed by atoms with Crippen molar-refractivity contribution in [3.8, 4) is 17.3 Å². The van der Waals surface area contributed by atoms with Gasteiger partial charge in [-0.05, 0) is 30.7 Å². The maximum absolute atomic E-state index is 12.5. The molecule has 0 radical (unpaired) electrons. The summed E-state index contributed by atoms with van der Waals surface area (Å²) in [5, 5.41) is 14.4. The molecule has 0 aliphatic carbocycles. The predicted molar refractivity (Wildman–Crippen MR) is 115 cm³/mol. The van der Waals surface area contributed by atoms with Crippen molar-refractivity contribution in [3.63, 3.8) is 0 Å². The summed E-state index contributed by atoms with van der Waals surface area (Å²) in [6.45, 7) is 2.03. The van der Waals surface area contributed by atoms with Crippen LogP contribution < -0.4 is 10.2 Å². The molecule has 0 atom stereocenters. The van der Waals surface area contributed by atoms with E-state index in [1.165, 1.54) is 16.9 Å². The number of nitrogens with one attached hydrogen (secondary N) is 1. The summed E-state index contributed by atoms with van der Waals surface area (Å²) in [4.78, 5) is 18.9. The Bertz CT molecular complexity index is 1040. The molecule has 0 unspecified atom stereocenters. The molecular weight excluding hydrogens is 368 g/mol. The Balaban J connectivity index is 1.74. The van der Waals surface area contributed by atoms with Crippen LogP contribution in [-0.2, 0) is 4.79 Å². The number of hydrogen-bond donors (Lipinski definition) is 1. The largest absolute Gasteiger partial charge is 0.378 e. The zero-order chi connectivity index (χ0) is 20.1. The van der Waals surface area contributed by atoms with Crippen LogP contribution in [-0.4, -0.2) is 25.0 Å². The molecule has 140 valence electrons. The molecule has 0 fully saturated rings. The van der Waals surface area contributed by atoms with E-state index in [1.54, 1.807) is 6.08 Å². The molecule has 0 spiro atoms. The number of thiazole rings is 1. The number of aryl methyl sites for hydroxylation is 1. The summed E-state index contributed by atoms with van der Waals surface area (Å²) in [5.41, 5.74) is 4.82. The van der Waals surface area contributed by atoms with Crippen LogP contribution in [0.2, 0.25) is 0 Å². The number of hydrogen-bond acceptors (Lipinski definition) is 5. The number of nitrogens with zero attached hydrogens (tertiary/aromatic N) is 3. The van der Waals surface area contributed by atoms with E-state index in [4.69, 9.17) is 0 Å². The molecule has 0 aliphatic rings.